The maximum Gasteiger partial charge on any atom is 1.00 e. The molecule has 0 fully saturated rings. The summed E-state index contributed by atoms with van der Waals surface area (Å²) in [5, 5.41) is 0. The fourth-order valence-electron chi connectivity index (χ4n) is 0. The fourth-order valence-corrected chi connectivity index (χ4v) is 0. The van der Waals surface area contributed by atoms with E-state index < -0.39 is 7.82 Å². The van der Waals surface area contributed by atoms with Crippen LogP contribution >= 0.6 is 7.82 Å². The maximum absolute atomic E-state index is 8.88. The molecule has 4 nitrogen and oxygen atoms in total. The van der Waals surface area contributed by atoms with Crippen LogP contribution in [0.25, 0.3) is 0 Å². The van der Waals surface area contributed by atoms with Gasteiger partial charge in [0.2, 0.25) is 0 Å². The number of hydrogen-bond donors (Lipinski definition) is 3. The predicted molar refractivity (Wildman–Crippen MR) is 21.1 cm³/mol. The second-order valence-corrected chi connectivity index (χ2v) is 1.54. The van der Waals surface area contributed by atoms with Gasteiger partial charge in [-0.15, -0.1) is 0 Å². The van der Waals surface area contributed by atoms with E-state index in [0.29, 0.717) is 0 Å². The van der Waals surface area contributed by atoms with Gasteiger partial charge in [-0.3, -0.25) is 0 Å². The van der Waals surface area contributed by atoms with E-state index in [9.17, 15) is 0 Å². The minimum atomic E-state index is -4.64. The van der Waals surface area contributed by atoms with E-state index >= 15 is 0 Å². The van der Waals surface area contributed by atoms with E-state index in [0.717, 1.165) is 0 Å². The predicted octanol–water partition coefficient (Wildman–Crippen LogP) is -4.19. The van der Waals surface area contributed by atoms with E-state index in [1.807, 2.05) is 0 Å². The second-order valence-electron chi connectivity index (χ2n) is 0.513. The molecule has 0 saturated carbocycles. The Morgan fingerprint density at radius 2 is 1.29 bits per heavy atom. The third-order valence-corrected chi connectivity index (χ3v) is 0. The summed E-state index contributed by atoms with van der Waals surface area (Å²) in [6.07, 6.45) is 0. The number of hydrogen-bond acceptors (Lipinski definition) is 1. The van der Waals surface area contributed by atoms with Gasteiger partial charge in [-0.1, -0.05) is 0 Å². The molecule has 0 aromatic heterocycles. The van der Waals surface area contributed by atoms with E-state index in [4.69, 9.17) is 19.2 Å². The standard InChI is InChI=1S/B.Li.H3O4P.H/c;;1-5(2,3)4;/h;;(H3,1,2,3,4);/q;+1;;-1. The van der Waals surface area contributed by atoms with E-state index in [2.05, 4.69) is 0 Å². The molecule has 37 valence electrons. The molecule has 0 aromatic carbocycles. The van der Waals surface area contributed by atoms with Gasteiger partial charge in [0, 0.05) is 8.41 Å². The van der Waals surface area contributed by atoms with Gasteiger partial charge in [-0.25, -0.2) is 4.57 Å². The van der Waals surface area contributed by atoms with Gasteiger partial charge in [-0.2, -0.15) is 0 Å². The summed E-state index contributed by atoms with van der Waals surface area (Å²) in [5.74, 6) is 0. The van der Waals surface area contributed by atoms with Gasteiger partial charge in [-0.05, 0) is 0 Å². The average Bonchev–Trinajstić information content (AvgIpc) is 0.722. The normalized spacial score (nSPS) is 8.43. The summed E-state index contributed by atoms with van der Waals surface area (Å²) in [5.41, 5.74) is 0. The largest absolute Gasteiger partial charge is 1.00 e. The van der Waals surface area contributed by atoms with E-state index in [-0.39, 0.29) is 28.7 Å². The van der Waals surface area contributed by atoms with Crippen LogP contribution < -0.4 is 18.9 Å². The Labute approximate surface area is 56.4 Å². The molecule has 0 amide bonds. The monoisotopic (exact) mass is 117 g/mol. The molecule has 0 rings (SSSR count). The Hall–Kier alpha value is 0.772. The Bertz CT molecular complexity index is 62.2. The van der Waals surface area contributed by atoms with Crippen molar-refractivity contribution in [2.45, 2.75) is 0 Å². The second kappa shape index (κ2) is 4.92. The molecule has 3 N–H and O–H groups in total. The zero-order valence-electron chi connectivity index (χ0n) is 4.77. The number of rotatable bonds is 0. The Morgan fingerprint density at radius 1 is 1.29 bits per heavy atom. The molecule has 3 radical (unpaired) electrons. The molecule has 7 heteroatoms. The molecule has 0 aliphatic carbocycles. The molecule has 0 spiro atoms. The molecule has 7 heavy (non-hydrogen) atoms. The minimum Gasteiger partial charge on any atom is -1.00 e. The average molecular weight is 117 g/mol. The van der Waals surface area contributed by atoms with Crippen LogP contribution in [0.2, 0.25) is 0 Å². The van der Waals surface area contributed by atoms with Crippen molar-refractivity contribution in [3.8, 4) is 0 Å². The first-order chi connectivity index (χ1) is 2.00. The molecule has 0 aliphatic heterocycles. The zero-order chi connectivity index (χ0) is 4.50. The van der Waals surface area contributed by atoms with Gasteiger partial charge >= 0.3 is 26.7 Å². The minimum absolute atomic E-state index is 0. The van der Waals surface area contributed by atoms with Crippen LogP contribution in [0.1, 0.15) is 1.43 Å². The van der Waals surface area contributed by atoms with Crippen molar-refractivity contribution in [3.05, 3.63) is 0 Å². The number of phosphoric acid groups is 1. The van der Waals surface area contributed by atoms with Gasteiger partial charge in [0.25, 0.3) is 0 Å². The van der Waals surface area contributed by atoms with Crippen molar-refractivity contribution in [3.63, 3.8) is 0 Å². The zero-order valence-corrected chi connectivity index (χ0v) is 4.67. The summed E-state index contributed by atoms with van der Waals surface area (Å²) in [7, 11) is -4.64. The van der Waals surface area contributed by atoms with Crippen LogP contribution in [0.3, 0.4) is 0 Å². The van der Waals surface area contributed by atoms with Crippen LogP contribution in [0.15, 0.2) is 0 Å². The third-order valence-electron chi connectivity index (χ3n) is 0. The summed E-state index contributed by atoms with van der Waals surface area (Å²) < 4.78 is 8.88. The topological polar surface area (TPSA) is 77.8 Å². The van der Waals surface area contributed by atoms with Crippen LogP contribution in [0, 0.1) is 0 Å². The molecule has 0 atom stereocenters. The van der Waals surface area contributed by atoms with E-state index in [1.165, 1.54) is 0 Å². The quantitative estimate of drug-likeness (QED) is 0.222. The Kier molecular flexibility index (Phi) is 11.0. The van der Waals surface area contributed by atoms with Gasteiger partial charge in [0.15, 0.2) is 0 Å². The molecule has 0 bridgehead atoms. The SMILES string of the molecule is O=P(O)(O)O.[B].[H-].[Li+]. The Balaban J connectivity index is -0.0000000267. The van der Waals surface area contributed by atoms with Crippen molar-refractivity contribution >= 4 is 16.2 Å². The third kappa shape index (κ3) is 259. The fraction of sp³-hybridized carbons (Fsp3) is 0. The van der Waals surface area contributed by atoms with Gasteiger partial charge in [0.1, 0.15) is 0 Å². The molecule has 0 heterocycles. The molecule has 0 aliphatic rings. The first-order valence-electron chi connectivity index (χ1n) is 0.783. The molecule has 0 saturated heterocycles. The van der Waals surface area contributed by atoms with Crippen molar-refractivity contribution < 1.29 is 39.5 Å². The molecular weight excluding hydrogens is 113 g/mol. The first-order valence-corrected chi connectivity index (χ1v) is 2.35. The van der Waals surface area contributed by atoms with Crippen LogP contribution in [0.5, 0.6) is 0 Å². The molecular formula is H4BLiO4P. The molecule has 0 unspecified atom stereocenters. The summed E-state index contributed by atoms with van der Waals surface area (Å²) in [4.78, 5) is 21.6. The van der Waals surface area contributed by atoms with Gasteiger partial charge in [0.05, 0.1) is 0 Å². The van der Waals surface area contributed by atoms with E-state index in [1.54, 1.807) is 0 Å². The van der Waals surface area contributed by atoms with Crippen LogP contribution in [0.4, 0.5) is 0 Å². The molecule has 0 aromatic rings. The van der Waals surface area contributed by atoms with Crippen LogP contribution in [-0.2, 0) is 4.57 Å². The maximum atomic E-state index is 8.88. The first kappa shape index (κ1) is 15.7. The summed E-state index contributed by atoms with van der Waals surface area (Å²) in [6, 6.07) is 0. The van der Waals surface area contributed by atoms with Crippen molar-refractivity contribution in [2.75, 3.05) is 0 Å². The summed E-state index contributed by atoms with van der Waals surface area (Å²) in [6.45, 7) is 0. The van der Waals surface area contributed by atoms with Crippen molar-refractivity contribution in [1.82, 2.24) is 0 Å². The van der Waals surface area contributed by atoms with Gasteiger partial charge < -0.3 is 16.1 Å². The smallest absolute Gasteiger partial charge is 1.00 e. The van der Waals surface area contributed by atoms with Crippen molar-refractivity contribution in [1.29, 1.82) is 0 Å². The van der Waals surface area contributed by atoms with Crippen molar-refractivity contribution in [2.24, 2.45) is 0 Å². The van der Waals surface area contributed by atoms with Crippen LogP contribution in [-0.4, -0.2) is 23.1 Å². The summed E-state index contributed by atoms with van der Waals surface area (Å²) >= 11 is 0. The Morgan fingerprint density at radius 3 is 1.29 bits per heavy atom.